The molecule has 2 N–H and O–H groups in total. The van der Waals surface area contributed by atoms with E-state index in [2.05, 4.69) is 16.7 Å². The van der Waals surface area contributed by atoms with Gasteiger partial charge in [0.15, 0.2) is 0 Å². The number of nitrogens with one attached hydrogen (secondary N) is 2. The molecule has 2 unspecified atom stereocenters. The van der Waals surface area contributed by atoms with Crippen LogP contribution >= 0.6 is 0 Å². The van der Waals surface area contributed by atoms with Gasteiger partial charge in [0.2, 0.25) is 5.91 Å². The third-order valence-corrected chi connectivity index (χ3v) is 4.12. The maximum absolute atomic E-state index is 12.9. The van der Waals surface area contributed by atoms with Gasteiger partial charge in [0.25, 0.3) is 0 Å². The van der Waals surface area contributed by atoms with E-state index in [0.717, 1.165) is 22.4 Å². The van der Waals surface area contributed by atoms with Crippen molar-refractivity contribution >= 4 is 5.91 Å². The Hall–Kier alpha value is -2.40. The number of aryl methyl sites for hydroxylation is 1. The first kappa shape index (κ1) is 18.9. The molecule has 0 radical (unpaired) electrons. The Morgan fingerprint density at radius 3 is 2.48 bits per heavy atom. The first-order chi connectivity index (χ1) is 11.9. The quantitative estimate of drug-likeness (QED) is 0.808. The summed E-state index contributed by atoms with van der Waals surface area (Å²) in [6.07, 6.45) is 0. The van der Waals surface area contributed by atoms with Gasteiger partial charge in [-0.25, -0.2) is 4.39 Å². The minimum absolute atomic E-state index is 0.0404. The lowest BCUT2D eigenvalue weighted by molar-refractivity contribution is -0.123. The zero-order valence-corrected chi connectivity index (χ0v) is 15.1. The second-order valence-corrected chi connectivity index (χ2v) is 6.20. The smallest absolute Gasteiger partial charge is 0.237 e. The van der Waals surface area contributed by atoms with Crippen LogP contribution in [0, 0.1) is 12.7 Å². The number of carbonyl (C=O) groups excluding carboxylic acids is 1. The highest BCUT2D eigenvalue weighted by Gasteiger charge is 2.18. The minimum atomic E-state index is -0.374. The standard InChI is InChI=1S/C20H25FN2O2/c1-13-5-10-19(25-4)18(11-13)14(2)23-15(3)20(24)22-12-16-6-8-17(21)9-7-16/h5-11,14-15,23H,12H2,1-4H3,(H,22,24). The largest absolute Gasteiger partial charge is 0.496 e. The van der Waals surface area contributed by atoms with Crippen molar-refractivity contribution < 1.29 is 13.9 Å². The van der Waals surface area contributed by atoms with Crippen LogP contribution in [0.4, 0.5) is 4.39 Å². The zero-order valence-electron chi connectivity index (χ0n) is 15.1. The monoisotopic (exact) mass is 344 g/mol. The lowest BCUT2D eigenvalue weighted by Crippen LogP contribution is -2.42. The number of hydrogen-bond donors (Lipinski definition) is 2. The van der Waals surface area contributed by atoms with E-state index in [1.54, 1.807) is 19.2 Å². The molecule has 25 heavy (non-hydrogen) atoms. The van der Waals surface area contributed by atoms with Crippen LogP contribution in [0.2, 0.25) is 0 Å². The fourth-order valence-electron chi connectivity index (χ4n) is 2.68. The Bertz CT molecular complexity index is 716. The normalized spacial score (nSPS) is 13.2. The van der Waals surface area contributed by atoms with Gasteiger partial charge in [0.1, 0.15) is 11.6 Å². The van der Waals surface area contributed by atoms with Gasteiger partial charge >= 0.3 is 0 Å². The molecule has 0 bridgehead atoms. The number of amides is 1. The molecule has 0 saturated carbocycles. The predicted octanol–water partition coefficient (Wildman–Crippen LogP) is 3.50. The van der Waals surface area contributed by atoms with Crippen molar-refractivity contribution in [2.75, 3.05) is 7.11 Å². The molecule has 4 nitrogen and oxygen atoms in total. The first-order valence-electron chi connectivity index (χ1n) is 8.33. The van der Waals surface area contributed by atoms with Gasteiger partial charge in [-0.05, 0) is 44.5 Å². The van der Waals surface area contributed by atoms with Gasteiger partial charge in [0.05, 0.1) is 13.2 Å². The molecule has 0 aliphatic heterocycles. The lowest BCUT2D eigenvalue weighted by Gasteiger charge is -2.22. The average Bonchev–Trinajstić information content (AvgIpc) is 2.60. The van der Waals surface area contributed by atoms with Crippen molar-refractivity contribution in [2.24, 2.45) is 0 Å². The molecule has 2 aromatic carbocycles. The Balaban J connectivity index is 1.94. The number of benzene rings is 2. The van der Waals surface area contributed by atoms with E-state index in [0.29, 0.717) is 6.54 Å². The topological polar surface area (TPSA) is 50.4 Å². The molecule has 0 aliphatic rings. The summed E-state index contributed by atoms with van der Waals surface area (Å²) in [5.74, 6) is 0.401. The van der Waals surface area contributed by atoms with Gasteiger partial charge in [-0.2, -0.15) is 0 Å². The highest BCUT2D eigenvalue weighted by molar-refractivity contribution is 5.81. The minimum Gasteiger partial charge on any atom is -0.496 e. The van der Waals surface area contributed by atoms with Crippen molar-refractivity contribution in [1.82, 2.24) is 10.6 Å². The molecule has 0 fully saturated rings. The van der Waals surface area contributed by atoms with Crippen LogP contribution < -0.4 is 15.4 Å². The summed E-state index contributed by atoms with van der Waals surface area (Å²) in [5.41, 5.74) is 3.01. The van der Waals surface area contributed by atoms with E-state index in [1.807, 2.05) is 32.9 Å². The molecular weight excluding hydrogens is 319 g/mol. The fourth-order valence-corrected chi connectivity index (χ4v) is 2.68. The average molecular weight is 344 g/mol. The second-order valence-electron chi connectivity index (χ2n) is 6.20. The van der Waals surface area contributed by atoms with Crippen LogP contribution in [0.1, 0.15) is 36.6 Å². The highest BCUT2D eigenvalue weighted by Crippen LogP contribution is 2.26. The molecule has 0 spiro atoms. The molecule has 0 aliphatic carbocycles. The summed E-state index contributed by atoms with van der Waals surface area (Å²) in [4.78, 5) is 12.3. The van der Waals surface area contributed by atoms with E-state index < -0.39 is 0 Å². The number of halogens is 1. The van der Waals surface area contributed by atoms with Crippen LogP contribution in [0.25, 0.3) is 0 Å². The molecule has 0 aromatic heterocycles. The van der Waals surface area contributed by atoms with E-state index in [9.17, 15) is 9.18 Å². The molecule has 0 saturated heterocycles. The Morgan fingerprint density at radius 1 is 1.16 bits per heavy atom. The van der Waals surface area contributed by atoms with E-state index in [1.165, 1.54) is 12.1 Å². The summed E-state index contributed by atoms with van der Waals surface area (Å²) in [6.45, 7) is 6.21. The van der Waals surface area contributed by atoms with E-state index >= 15 is 0 Å². The number of methoxy groups -OCH3 is 1. The Kier molecular flexibility index (Phi) is 6.53. The number of hydrogen-bond acceptors (Lipinski definition) is 3. The molecule has 2 atom stereocenters. The summed E-state index contributed by atoms with van der Waals surface area (Å²) in [5, 5.41) is 6.15. The Morgan fingerprint density at radius 2 is 1.84 bits per heavy atom. The maximum atomic E-state index is 12.9. The highest BCUT2D eigenvalue weighted by atomic mass is 19.1. The van der Waals surface area contributed by atoms with Crippen molar-refractivity contribution in [3.05, 3.63) is 65.0 Å². The van der Waals surface area contributed by atoms with Gasteiger partial charge in [-0.1, -0.05) is 29.8 Å². The summed E-state index contributed by atoms with van der Waals surface area (Å²) < 4.78 is 18.3. The van der Waals surface area contributed by atoms with Crippen molar-refractivity contribution in [1.29, 1.82) is 0 Å². The third kappa shape index (κ3) is 5.29. The van der Waals surface area contributed by atoms with Crippen LogP contribution in [0.3, 0.4) is 0 Å². The predicted molar refractivity (Wildman–Crippen MR) is 97.0 cm³/mol. The summed E-state index contributed by atoms with van der Waals surface area (Å²) in [6, 6.07) is 11.7. The number of rotatable bonds is 7. The first-order valence-corrected chi connectivity index (χ1v) is 8.33. The van der Waals surface area contributed by atoms with Crippen molar-refractivity contribution in [3.8, 4) is 5.75 Å². The summed E-state index contributed by atoms with van der Waals surface area (Å²) in [7, 11) is 1.64. The van der Waals surface area contributed by atoms with Crippen molar-refractivity contribution in [3.63, 3.8) is 0 Å². The van der Waals surface area contributed by atoms with E-state index in [4.69, 9.17) is 4.74 Å². The van der Waals surface area contributed by atoms with Crippen LogP contribution in [-0.4, -0.2) is 19.1 Å². The van der Waals surface area contributed by atoms with Crippen molar-refractivity contribution in [2.45, 2.75) is 39.4 Å². The van der Waals surface area contributed by atoms with Gasteiger partial charge in [-0.15, -0.1) is 0 Å². The number of ether oxygens (including phenoxy) is 1. The van der Waals surface area contributed by atoms with Gasteiger partial charge < -0.3 is 10.1 Å². The number of carbonyl (C=O) groups is 1. The van der Waals surface area contributed by atoms with Gasteiger partial charge in [0, 0.05) is 18.2 Å². The zero-order chi connectivity index (χ0) is 18.4. The van der Waals surface area contributed by atoms with E-state index in [-0.39, 0.29) is 23.8 Å². The van der Waals surface area contributed by atoms with Crippen LogP contribution in [0.15, 0.2) is 42.5 Å². The fraction of sp³-hybridized carbons (Fsp3) is 0.350. The molecule has 5 heteroatoms. The Labute approximate surface area is 148 Å². The van der Waals surface area contributed by atoms with Crippen LogP contribution in [-0.2, 0) is 11.3 Å². The molecular formula is C20H25FN2O2. The van der Waals surface area contributed by atoms with Gasteiger partial charge in [-0.3, -0.25) is 10.1 Å². The molecule has 2 rings (SSSR count). The second kappa shape index (κ2) is 8.62. The third-order valence-electron chi connectivity index (χ3n) is 4.12. The lowest BCUT2D eigenvalue weighted by atomic mass is 10.0. The van der Waals surface area contributed by atoms with Crippen LogP contribution in [0.5, 0.6) is 5.75 Å². The molecule has 0 heterocycles. The molecule has 2 aromatic rings. The SMILES string of the molecule is COc1ccc(C)cc1C(C)NC(C)C(=O)NCc1ccc(F)cc1. The maximum Gasteiger partial charge on any atom is 0.237 e. The molecule has 1 amide bonds. The molecule has 134 valence electrons. The summed E-state index contributed by atoms with van der Waals surface area (Å²) >= 11 is 0.